The van der Waals surface area contributed by atoms with E-state index in [0.717, 1.165) is 16.3 Å². The van der Waals surface area contributed by atoms with Crippen LogP contribution in [-0.4, -0.2) is 9.97 Å². The summed E-state index contributed by atoms with van der Waals surface area (Å²) in [4.78, 5) is 27.7. The summed E-state index contributed by atoms with van der Waals surface area (Å²) in [5.74, 6) is 0. The zero-order valence-corrected chi connectivity index (χ0v) is 14.8. The summed E-state index contributed by atoms with van der Waals surface area (Å²) < 4.78 is 0. The Morgan fingerprint density at radius 3 is 1.84 bits per heavy atom. The first-order chi connectivity index (χ1) is 12.0. The second kappa shape index (κ2) is 7.13. The van der Waals surface area contributed by atoms with E-state index in [-0.39, 0.29) is 11.1 Å². The number of rotatable bonds is 0. The van der Waals surface area contributed by atoms with Crippen LogP contribution in [0.25, 0.3) is 21.5 Å². The van der Waals surface area contributed by atoms with Gasteiger partial charge in [0.25, 0.3) is 11.1 Å². The average molecular weight is 373 g/mol. The predicted molar refractivity (Wildman–Crippen MR) is 104 cm³/mol. The molecule has 126 valence electrons. The van der Waals surface area contributed by atoms with Crippen molar-refractivity contribution in [3.8, 4) is 0 Å². The summed E-state index contributed by atoms with van der Waals surface area (Å²) in [6, 6.07) is 12.9. The predicted octanol–water partition coefficient (Wildman–Crippen LogP) is 4.67. The first-order valence-corrected chi connectivity index (χ1v) is 8.26. The molecule has 2 aromatic carbocycles. The molecule has 4 nitrogen and oxygen atoms in total. The van der Waals surface area contributed by atoms with E-state index in [4.69, 9.17) is 23.2 Å². The van der Waals surface area contributed by atoms with Crippen LogP contribution in [0.2, 0.25) is 10.0 Å². The van der Waals surface area contributed by atoms with Crippen LogP contribution in [0.15, 0.2) is 64.4 Å². The lowest BCUT2D eigenvalue weighted by Crippen LogP contribution is -2.04. The number of hydrogen-bond acceptors (Lipinski definition) is 2. The smallest absolute Gasteiger partial charge is 0.255 e. The quantitative estimate of drug-likeness (QED) is 0.470. The van der Waals surface area contributed by atoms with Crippen molar-refractivity contribution in [2.45, 2.75) is 6.92 Å². The fourth-order valence-corrected chi connectivity index (χ4v) is 2.95. The first-order valence-electron chi connectivity index (χ1n) is 7.51. The molecule has 0 aliphatic rings. The Hall–Kier alpha value is -2.56. The van der Waals surface area contributed by atoms with Gasteiger partial charge < -0.3 is 9.97 Å². The molecule has 0 atom stereocenters. The van der Waals surface area contributed by atoms with Crippen LogP contribution in [0.4, 0.5) is 0 Å². The van der Waals surface area contributed by atoms with E-state index in [1.165, 1.54) is 12.4 Å². The van der Waals surface area contributed by atoms with E-state index in [1.54, 1.807) is 6.07 Å². The molecule has 4 aromatic rings. The fraction of sp³-hybridized carbons (Fsp3) is 0.0526. The molecule has 6 heteroatoms. The number of aromatic nitrogens is 2. The maximum absolute atomic E-state index is 11.4. The maximum Gasteiger partial charge on any atom is 0.255 e. The summed E-state index contributed by atoms with van der Waals surface area (Å²) in [5.41, 5.74) is 0.860. The van der Waals surface area contributed by atoms with E-state index in [2.05, 4.69) is 9.97 Å². The van der Waals surface area contributed by atoms with E-state index in [9.17, 15) is 9.59 Å². The second-order valence-electron chi connectivity index (χ2n) is 5.53. The van der Waals surface area contributed by atoms with Crippen molar-refractivity contribution in [2.75, 3.05) is 0 Å². The fourth-order valence-electron chi connectivity index (χ4n) is 2.51. The average Bonchev–Trinajstić information content (AvgIpc) is 2.62. The number of nitrogens with one attached hydrogen (secondary N) is 2. The van der Waals surface area contributed by atoms with Gasteiger partial charge in [0.05, 0.1) is 10.0 Å². The number of benzene rings is 2. The van der Waals surface area contributed by atoms with Gasteiger partial charge >= 0.3 is 0 Å². The molecule has 0 unspecified atom stereocenters. The number of halogens is 2. The van der Waals surface area contributed by atoms with Crippen LogP contribution in [0, 0.1) is 6.92 Å². The van der Waals surface area contributed by atoms with Gasteiger partial charge in [-0.15, -0.1) is 0 Å². The molecule has 0 spiro atoms. The summed E-state index contributed by atoms with van der Waals surface area (Å²) in [6.45, 7) is 1.94. The van der Waals surface area contributed by atoms with Gasteiger partial charge in [0.15, 0.2) is 0 Å². The SMILES string of the molecule is Cc1ccc2c(Cl)c[nH]c(=O)c2c1.O=c1[nH]cc(Cl)c2ccccc12. The number of H-pyrrole nitrogens is 2. The molecule has 0 fully saturated rings. The van der Waals surface area contributed by atoms with Crippen molar-refractivity contribution >= 4 is 44.7 Å². The highest BCUT2D eigenvalue weighted by Crippen LogP contribution is 2.20. The molecule has 2 N–H and O–H groups in total. The molecular weight excluding hydrogens is 359 g/mol. The van der Waals surface area contributed by atoms with Crippen LogP contribution in [0.3, 0.4) is 0 Å². The number of pyridine rings is 2. The molecule has 0 amide bonds. The molecule has 4 rings (SSSR count). The van der Waals surface area contributed by atoms with Crippen molar-refractivity contribution in [3.63, 3.8) is 0 Å². The first kappa shape index (κ1) is 17.3. The molecule has 25 heavy (non-hydrogen) atoms. The molecule has 0 radical (unpaired) electrons. The Morgan fingerprint density at radius 2 is 1.24 bits per heavy atom. The highest BCUT2D eigenvalue weighted by Gasteiger charge is 2.02. The van der Waals surface area contributed by atoms with Crippen LogP contribution in [-0.2, 0) is 0 Å². The monoisotopic (exact) mass is 372 g/mol. The van der Waals surface area contributed by atoms with Crippen LogP contribution in [0.5, 0.6) is 0 Å². The normalized spacial score (nSPS) is 10.5. The highest BCUT2D eigenvalue weighted by atomic mass is 35.5. The topological polar surface area (TPSA) is 65.7 Å². The molecule has 2 aromatic heterocycles. The van der Waals surface area contributed by atoms with E-state index >= 15 is 0 Å². The lowest BCUT2D eigenvalue weighted by atomic mass is 10.1. The number of hydrogen-bond donors (Lipinski definition) is 2. The van der Waals surface area contributed by atoms with Crippen LogP contribution >= 0.6 is 23.2 Å². The van der Waals surface area contributed by atoms with Gasteiger partial charge in [-0.3, -0.25) is 9.59 Å². The second-order valence-corrected chi connectivity index (χ2v) is 6.34. The Bertz CT molecular complexity index is 1180. The van der Waals surface area contributed by atoms with Gasteiger partial charge in [-0.1, -0.05) is 59.1 Å². The third kappa shape index (κ3) is 3.60. The Kier molecular flexibility index (Phi) is 4.93. The molecule has 0 saturated heterocycles. The zero-order valence-electron chi connectivity index (χ0n) is 13.3. The Balaban J connectivity index is 0.000000146. The van der Waals surface area contributed by atoms with Crippen molar-refractivity contribution in [1.29, 1.82) is 0 Å². The minimum Gasteiger partial charge on any atom is -0.327 e. The molecule has 0 saturated carbocycles. The van der Waals surface area contributed by atoms with Crippen molar-refractivity contribution in [1.82, 2.24) is 9.97 Å². The molecule has 0 aliphatic heterocycles. The highest BCUT2D eigenvalue weighted by molar-refractivity contribution is 6.35. The molecular formula is C19H14Cl2N2O2. The van der Waals surface area contributed by atoms with Crippen molar-refractivity contribution in [3.05, 3.63) is 91.2 Å². The van der Waals surface area contributed by atoms with E-state index in [0.29, 0.717) is 20.8 Å². The number of fused-ring (bicyclic) bond motifs is 2. The Labute approximate surface area is 153 Å². The standard InChI is InChI=1S/C10H8ClNO.C9H6ClNO/c1-6-2-3-7-8(4-6)10(13)12-5-9(7)11;10-8-5-11-9(12)7-4-2-1-3-6(7)8/h2-5H,1H3,(H,12,13);1-5H,(H,11,12). The lowest BCUT2D eigenvalue weighted by molar-refractivity contribution is 1.27. The van der Waals surface area contributed by atoms with E-state index < -0.39 is 0 Å². The van der Waals surface area contributed by atoms with E-state index in [1.807, 2.05) is 43.3 Å². The minimum atomic E-state index is -0.102. The van der Waals surface area contributed by atoms with Crippen LogP contribution in [0.1, 0.15) is 5.56 Å². The van der Waals surface area contributed by atoms with Crippen molar-refractivity contribution < 1.29 is 0 Å². The summed E-state index contributed by atoms with van der Waals surface area (Å²) >= 11 is 11.8. The van der Waals surface area contributed by atoms with Gasteiger partial charge in [0.1, 0.15) is 0 Å². The third-order valence-corrected chi connectivity index (χ3v) is 4.39. The molecule has 0 bridgehead atoms. The van der Waals surface area contributed by atoms with Gasteiger partial charge in [-0.2, -0.15) is 0 Å². The summed E-state index contributed by atoms with van der Waals surface area (Å²) in [6.07, 6.45) is 3.02. The summed E-state index contributed by atoms with van der Waals surface area (Å²) in [5, 5.41) is 4.02. The number of aromatic amines is 2. The van der Waals surface area contributed by atoms with Crippen molar-refractivity contribution in [2.24, 2.45) is 0 Å². The minimum absolute atomic E-state index is 0.0944. The van der Waals surface area contributed by atoms with Gasteiger partial charge in [0, 0.05) is 33.9 Å². The van der Waals surface area contributed by atoms with Crippen LogP contribution < -0.4 is 11.1 Å². The lowest BCUT2D eigenvalue weighted by Gasteiger charge is -1.99. The number of aryl methyl sites for hydroxylation is 1. The van der Waals surface area contributed by atoms with Gasteiger partial charge in [0.2, 0.25) is 0 Å². The van der Waals surface area contributed by atoms with Gasteiger partial charge in [-0.05, 0) is 19.1 Å². The third-order valence-electron chi connectivity index (χ3n) is 3.77. The molecule has 0 aliphatic carbocycles. The summed E-state index contributed by atoms with van der Waals surface area (Å²) in [7, 11) is 0. The Morgan fingerprint density at radius 1 is 0.720 bits per heavy atom. The maximum atomic E-state index is 11.4. The largest absolute Gasteiger partial charge is 0.327 e. The van der Waals surface area contributed by atoms with Gasteiger partial charge in [-0.25, -0.2) is 0 Å². The zero-order chi connectivity index (χ0) is 18.0. The molecule has 2 heterocycles.